The van der Waals surface area contributed by atoms with E-state index < -0.39 is 10.5 Å². The van der Waals surface area contributed by atoms with Gasteiger partial charge < -0.3 is 10.4 Å². The number of rotatable bonds is 7. The van der Waals surface area contributed by atoms with Gasteiger partial charge >= 0.3 is 0 Å². The summed E-state index contributed by atoms with van der Waals surface area (Å²) in [4.78, 5) is 14.2. The lowest BCUT2D eigenvalue weighted by Crippen LogP contribution is -2.34. The Hall–Kier alpha value is -1.69. The molecule has 6 heteroatoms. The second-order valence-corrected chi connectivity index (χ2v) is 5.90. The van der Waals surface area contributed by atoms with Crippen LogP contribution < -0.4 is 5.32 Å². The summed E-state index contributed by atoms with van der Waals surface area (Å²) in [5.74, 6) is 1.11. The third-order valence-corrected chi connectivity index (χ3v) is 3.17. The smallest absolute Gasteiger partial charge is 0.287 e. The molecule has 1 unspecified atom stereocenters. The molecule has 20 heavy (non-hydrogen) atoms. The molecule has 0 saturated heterocycles. The first-order valence-corrected chi connectivity index (χ1v) is 6.78. The molecule has 0 aliphatic heterocycles. The van der Waals surface area contributed by atoms with Crippen molar-refractivity contribution in [2.75, 3.05) is 11.9 Å². The first-order valence-electron chi connectivity index (χ1n) is 6.78. The van der Waals surface area contributed by atoms with Crippen LogP contribution in [0.1, 0.15) is 39.2 Å². The molecule has 1 atom stereocenters. The normalized spacial score (nSPS) is 14.1. The molecule has 0 fully saturated rings. The summed E-state index contributed by atoms with van der Waals surface area (Å²) in [5.41, 5.74) is -0.154. The maximum Gasteiger partial charge on any atom is 0.287 e. The van der Waals surface area contributed by atoms with E-state index in [1.807, 2.05) is 0 Å². The molecule has 0 aliphatic rings. The monoisotopic (exact) mass is 281 g/mol. The fourth-order valence-electron chi connectivity index (χ4n) is 1.81. The lowest BCUT2D eigenvalue weighted by atomic mass is 9.95. The van der Waals surface area contributed by atoms with Gasteiger partial charge in [-0.15, -0.1) is 0 Å². The largest absolute Gasteiger partial charge is 0.388 e. The van der Waals surface area contributed by atoms with E-state index in [-0.39, 0.29) is 5.69 Å². The maximum absolute atomic E-state index is 10.6. The van der Waals surface area contributed by atoms with E-state index in [1.54, 1.807) is 13.8 Å². The number of nitrogens with one attached hydrogen (secondary N) is 1. The number of aryl methyl sites for hydroxylation is 1. The Balaban J connectivity index is 2.63. The summed E-state index contributed by atoms with van der Waals surface area (Å²) >= 11 is 0. The van der Waals surface area contributed by atoms with Gasteiger partial charge in [0.1, 0.15) is 12.0 Å². The summed E-state index contributed by atoms with van der Waals surface area (Å²) in [5, 5.41) is 24.0. The van der Waals surface area contributed by atoms with Gasteiger partial charge in [-0.05, 0) is 38.2 Å². The minimum Gasteiger partial charge on any atom is -0.388 e. The molecule has 1 aromatic heterocycles. The molecule has 112 valence electrons. The lowest BCUT2D eigenvalue weighted by Gasteiger charge is -2.25. The zero-order chi connectivity index (χ0) is 15.3. The van der Waals surface area contributed by atoms with Crippen LogP contribution in [0.4, 0.5) is 11.5 Å². The Bertz CT molecular complexity index is 473. The predicted octanol–water partition coefficient (Wildman–Crippen LogP) is 2.90. The Morgan fingerprint density at radius 1 is 1.55 bits per heavy atom. The second-order valence-electron chi connectivity index (χ2n) is 5.90. The molecule has 1 aromatic rings. The number of pyridine rings is 1. The Morgan fingerprint density at radius 2 is 2.20 bits per heavy atom. The molecule has 0 bridgehead atoms. The van der Waals surface area contributed by atoms with E-state index in [9.17, 15) is 15.2 Å². The van der Waals surface area contributed by atoms with Crippen LogP contribution in [0.5, 0.6) is 0 Å². The number of aromatic nitrogens is 1. The fourth-order valence-corrected chi connectivity index (χ4v) is 1.81. The third-order valence-electron chi connectivity index (χ3n) is 3.17. The first-order chi connectivity index (χ1) is 9.21. The zero-order valence-electron chi connectivity index (χ0n) is 12.5. The highest BCUT2D eigenvalue weighted by molar-refractivity contribution is 5.48. The number of anilines is 1. The second kappa shape index (κ2) is 6.65. The molecular weight excluding hydrogens is 258 g/mol. The van der Waals surface area contributed by atoms with Crippen molar-refractivity contribution in [1.29, 1.82) is 0 Å². The number of hydrogen-bond donors (Lipinski definition) is 2. The van der Waals surface area contributed by atoms with Gasteiger partial charge in [-0.1, -0.05) is 13.8 Å². The quantitative estimate of drug-likeness (QED) is 0.592. The first kappa shape index (κ1) is 16.4. The number of nitrogens with zero attached hydrogens (tertiary/aromatic N) is 2. The van der Waals surface area contributed by atoms with E-state index in [0.29, 0.717) is 30.3 Å². The van der Waals surface area contributed by atoms with Crippen molar-refractivity contribution in [3.63, 3.8) is 0 Å². The third kappa shape index (κ3) is 5.13. The van der Waals surface area contributed by atoms with Crippen LogP contribution in [0, 0.1) is 23.0 Å². The van der Waals surface area contributed by atoms with E-state index in [0.717, 1.165) is 6.42 Å². The fraction of sp³-hybridized carbons (Fsp3) is 0.643. The van der Waals surface area contributed by atoms with Gasteiger partial charge in [0.15, 0.2) is 0 Å². The average Bonchev–Trinajstić information content (AvgIpc) is 2.35. The van der Waals surface area contributed by atoms with Gasteiger partial charge in [0.25, 0.3) is 5.69 Å². The summed E-state index contributed by atoms with van der Waals surface area (Å²) in [6.07, 6.45) is 2.86. The average molecular weight is 281 g/mol. The van der Waals surface area contributed by atoms with Crippen molar-refractivity contribution >= 4 is 11.5 Å². The van der Waals surface area contributed by atoms with Crippen molar-refractivity contribution in [2.24, 2.45) is 5.92 Å². The summed E-state index contributed by atoms with van der Waals surface area (Å²) in [6, 6.07) is 1.47. The molecule has 1 rings (SSSR count). The van der Waals surface area contributed by atoms with Gasteiger partial charge in [0, 0.05) is 12.6 Å². The van der Waals surface area contributed by atoms with E-state index in [2.05, 4.69) is 24.1 Å². The van der Waals surface area contributed by atoms with Crippen molar-refractivity contribution in [2.45, 2.75) is 46.1 Å². The highest BCUT2D eigenvalue weighted by Gasteiger charge is 2.21. The van der Waals surface area contributed by atoms with Gasteiger partial charge in [-0.2, -0.15) is 0 Å². The molecule has 2 N–H and O–H groups in total. The highest BCUT2D eigenvalue weighted by atomic mass is 16.6. The van der Waals surface area contributed by atoms with E-state index >= 15 is 0 Å². The Morgan fingerprint density at radius 3 is 2.70 bits per heavy atom. The van der Waals surface area contributed by atoms with Crippen LogP contribution in [0.15, 0.2) is 12.3 Å². The molecular formula is C14H23N3O3. The van der Waals surface area contributed by atoms with Gasteiger partial charge in [0.05, 0.1) is 10.5 Å². The summed E-state index contributed by atoms with van der Waals surface area (Å²) < 4.78 is 0. The van der Waals surface area contributed by atoms with Crippen LogP contribution in [0.2, 0.25) is 0 Å². The van der Waals surface area contributed by atoms with Crippen molar-refractivity contribution in [3.8, 4) is 0 Å². The number of hydrogen-bond acceptors (Lipinski definition) is 5. The molecule has 0 aliphatic carbocycles. The maximum atomic E-state index is 10.6. The predicted molar refractivity (Wildman–Crippen MR) is 78.8 cm³/mol. The van der Waals surface area contributed by atoms with Crippen LogP contribution in [-0.2, 0) is 0 Å². The van der Waals surface area contributed by atoms with Gasteiger partial charge in [0.2, 0.25) is 0 Å². The molecule has 1 heterocycles. The standard InChI is InChI=1S/C14H23N3O3/c1-10(2)5-6-14(4,18)9-16-13-11(3)7-12(8-15-13)17(19)20/h7-8,10,18H,5-6,9H2,1-4H3,(H,15,16). The van der Waals surface area contributed by atoms with Crippen molar-refractivity contribution in [1.82, 2.24) is 4.98 Å². The minimum absolute atomic E-state index is 0.0281. The lowest BCUT2D eigenvalue weighted by molar-refractivity contribution is -0.385. The SMILES string of the molecule is Cc1cc([N+](=O)[O-])cnc1NCC(C)(O)CCC(C)C. The summed E-state index contributed by atoms with van der Waals surface area (Å²) in [6.45, 7) is 8.14. The van der Waals surface area contributed by atoms with Crippen molar-refractivity contribution in [3.05, 3.63) is 27.9 Å². The summed E-state index contributed by atoms with van der Waals surface area (Å²) in [7, 11) is 0. The minimum atomic E-state index is -0.819. The number of nitro groups is 1. The van der Waals surface area contributed by atoms with Crippen LogP contribution in [0.3, 0.4) is 0 Å². The van der Waals surface area contributed by atoms with Gasteiger partial charge in [-0.3, -0.25) is 10.1 Å². The molecule has 0 radical (unpaired) electrons. The van der Waals surface area contributed by atoms with Crippen LogP contribution in [0.25, 0.3) is 0 Å². The van der Waals surface area contributed by atoms with E-state index in [4.69, 9.17) is 0 Å². The molecule has 0 aromatic carbocycles. The zero-order valence-corrected chi connectivity index (χ0v) is 12.5. The molecule has 0 saturated carbocycles. The topological polar surface area (TPSA) is 88.3 Å². The van der Waals surface area contributed by atoms with Crippen LogP contribution in [-0.4, -0.2) is 27.2 Å². The van der Waals surface area contributed by atoms with Gasteiger partial charge in [-0.25, -0.2) is 4.98 Å². The Kier molecular flexibility index (Phi) is 5.44. The molecule has 6 nitrogen and oxygen atoms in total. The van der Waals surface area contributed by atoms with Crippen LogP contribution >= 0.6 is 0 Å². The van der Waals surface area contributed by atoms with E-state index in [1.165, 1.54) is 12.3 Å². The highest BCUT2D eigenvalue weighted by Crippen LogP contribution is 2.20. The van der Waals surface area contributed by atoms with Crippen molar-refractivity contribution < 1.29 is 10.0 Å². The Labute approximate surface area is 119 Å². The number of aliphatic hydroxyl groups is 1. The molecule has 0 amide bonds. The molecule has 0 spiro atoms.